The van der Waals surface area contributed by atoms with Crippen molar-refractivity contribution in [3.63, 3.8) is 0 Å². The van der Waals surface area contributed by atoms with Crippen LogP contribution in [0.15, 0.2) is 4.90 Å². The summed E-state index contributed by atoms with van der Waals surface area (Å²) in [6.45, 7) is 2.13. The van der Waals surface area contributed by atoms with Crippen LogP contribution in [-0.2, 0) is 10.0 Å². The van der Waals surface area contributed by atoms with E-state index in [1.165, 1.54) is 14.1 Å². The normalized spacial score (nSPS) is 23.3. The van der Waals surface area contributed by atoms with E-state index >= 15 is 0 Å². The van der Waals surface area contributed by atoms with Crippen molar-refractivity contribution in [1.82, 2.24) is 8.68 Å². The molecule has 0 amide bonds. The predicted octanol–water partition coefficient (Wildman–Crippen LogP) is 1.19. The zero-order chi connectivity index (χ0) is 13.5. The number of rotatable bonds is 5. The number of hydrogen-bond acceptors (Lipinski definition) is 6. The lowest BCUT2D eigenvalue weighted by atomic mass is 10.3. The van der Waals surface area contributed by atoms with Gasteiger partial charge in [0.15, 0.2) is 10.7 Å². The van der Waals surface area contributed by atoms with Gasteiger partial charge in [0.1, 0.15) is 5.00 Å². The second kappa shape index (κ2) is 4.67. The molecule has 18 heavy (non-hydrogen) atoms. The highest BCUT2D eigenvalue weighted by Crippen LogP contribution is 2.40. The third-order valence-electron chi connectivity index (χ3n) is 3.18. The van der Waals surface area contributed by atoms with Gasteiger partial charge in [0.2, 0.25) is 10.0 Å². The Kier molecular flexibility index (Phi) is 3.52. The molecule has 1 saturated carbocycles. The van der Waals surface area contributed by atoms with Gasteiger partial charge >= 0.3 is 0 Å². The van der Waals surface area contributed by atoms with Crippen molar-refractivity contribution in [1.29, 1.82) is 0 Å². The first-order valence-electron chi connectivity index (χ1n) is 5.82. The SMILES string of the molecule is CCC1CC1Nc1snc(N)c1S(=O)(=O)N(C)C. The number of anilines is 2. The number of nitrogens with two attached hydrogens (primary N) is 1. The van der Waals surface area contributed by atoms with Crippen molar-refractivity contribution in [2.24, 2.45) is 5.92 Å². The van der Waals surface area contributed by atoms with Crippen LogP contribution in [0.4, 0.5) is 10.8 Å². The van der Waals surface area contributed by atoms with E-state index in [1.54, 1.807) is 0 Å². The Labute approximate surface area is 111 Å². The smallest absolute Gasteiger partial charge is 0.249 e. The first-order valence-corrected chi connectivity index (χ1v) is 8.03. The molecule has 1 fully saturated rings. The van der Waals surface area contributed by atoms with Gasteiger partial charge in [-0.15, -0.1) is 0 Å². The van der Waals surface area contributed by atoms with Crippen molar-refractivity contribution >= 4 is 32.4 Å². The quantitative estimate of drug-likeness (QED) is 0.850. The molecule has 0 spiro atoms. The van der Waals surface area contributed by atoms with Crippen LogP contribution in [0.5, 0.6) is 0 Å². The maximum atomic E-state index is 12.2. The Bertz CT molecular complexity index is 538. The molecule has 2 rings (SSSR count). The van der Waals surface area contributed by atoms with Crippen LogP contribution in [0.3, 0.4) is 0 Å². The molecular formula is C10H18N4O2S2. The minimum Gasteiger partial charge on any atom is -0.382 e. The number of nitrogens with one attached hydrogen (secondary N) is 1. The number of hydrogen-bond donors (Lipinski definition) is 2. The molecule has 0 radical (unpaired) electrons. The molecule has 1 heterocycles. The molecule has 102 valence electrons. The highest BCUT2D eigenvalue weighted by molar-refractivity contribution is 7.89. The predicted molar refractivity (Wildman–Crippen MR) is 73.2 cm³/mol. The van der Waals surface area contributed by atoms with Crippen molar-refractivity contribution < 1.29 is 8.42 Å². The highest BCUT2D eigenvalue weighted by atomic mass is 32.2. The van der Waals surface area contributed by atoms with Gasteiger partial charge in [-0.1, -0.05) is 13.3 Å². The molecule has 0 saturated heterocycles. The van der Waals surface area contributed by atoms with Crippen LogP contribution in [0.1, 0.15) is 19.8 Å². The average Bonchev–Trinajstić information content (AvgIpc) is 2.93. The summed E-state index contributed by atoms with van der Waals surface area (Å²) in [6.07, 6.45) is 2.18. The summed E-state index contributed by atoms with van der Waals surface area (Å²) in [7, 11) is -0.567. The third-order valence-corrected chi connectivity index (χ3v) is 5.99. The Morgan fingerprint density at radius 2 is 2.22 bits per heavy atom. The molecule has 8 heteroatoms. The molecule has 0 aliphatic heterocycles. The Morgan fingerprint density at radius 3 is 2.72 bits per heavy atom. The van der Waals surface area contributed by atoms with Crippen LogP contribution >= 0.6 is 11.5 Å². The first kappa shape index (κ1) is 13.6. The van der Waals surface area contributed by atoms with Crippen molar-refractivity contribution in [2.45, 2.75) is 30.7 Å². The van der Waals surface area contributed by atoms with Crippen LogP contribution < -0.4 is 11.1 Å². The van der Waals surface area contributed by atoms with E-state index in [4.69, 9.17) is 5.73 Å². The summed E-state index contributed by atoms with van der Waals surface area (Å²) in [5, 5.41) is 3.80. The maximum absolute atomic E-state index is 12.2. The minimum absolute atomic E-state index is 0.0740. The Balaban J connectivity index is 2.28. The van der Waals surface area contributed by atoms with E-state index < -0.39 is 10.0 Å². The van der Waals surface area contributed by atoms with Gasteiger partial charge in [0.05, 0.1) is 0 Å². The number of sulfonamides is 1. The van der Waals surface area contributed by atoms with Crippen LogP contribution in [0.2, 0.25) is 0 Å². The number of nitrogen functional groups attached to an aromatic ring is 1. The van der Waals surface area contributed by atoms with Gasteiger partial charge in [-0.2, -0.15) is 4.37 Å². The van der Waals surface area contributed by atoms with E-state index in [0.29, 0.717) is 17.0 Å². The molecule has 1 aromatic rings. The molecule has 2 unspecified atom stereocenters. The van der Waals surface area contributed by atoms with E-state index in [1.807, 2.05) is 0 Å². The van der Waals surface area contributed by atoms with Gasteiger partial charge in [-0.3, -0.25) is 0 Å². The standard InChI is InChI=1S/C10H18N4O2S2/c1-4-6-5-7(6)12-10-8(9(11)13-17-10)18(15,16)14(2)3/h6-7,12H,4-5H2,1-3H3,(H2,11,13). The highest BCUT2D eigenvalue weighted by Gasteiger charge is 2.38. The molecule has 0 aromatic carbocycles. The average molecular weight is 290 g/mol. The molecule has 0 bridgehead atoms. The molecule has 1 aromatic heterocycles. The Hall–Kier alpha value is -0.860. The van der Waals surface area contributed by atoms with Gasteiger partial charge < -0.3 is 11.1 Å². The number of nitrogens with zero attached hydrogens (tertiary/aromatic N) is 2. The topological polar surface area (TPSA) is 88.3 Å². The summed E-state index contributed by atoms with van der Waals surface area (Å²) >= 11 is 1.11. The lowest BCUT2D eigenvalue weighted by Crippen LogP contribution is -2.24. The maximum Gasteiger partial charge on any atom is 0.249 e. The van der Waals surface area contributed by atoms with Crippen LogP contribution in [-0.4, -0.2) is 37.2 Å². The fourth-order valence-electron chi connectivity index (χ4n) is 1.86. The largest absolute Gasteiger partial charge is 0.382 e. The first-order chi connectivity index (χ1) is 8.37. The van der Waals surface area contributed by atoms with Crippen molar-refractivity contribution in [3.05, 3.63) is 0 Å². The summed E-state index contributed by atoms with van der Waals surface area (Å²) in [6, 6.07) is 0.353. The Morgan fingerprint density at radius 1 is 1.56 bits per heavy atom. The molecule has 3 N–H and O–H groups in total. The van der Waals surface area contributed by atoms with Crippen LogP contribution in [0, 0.1) is 5.92 Å². The molecule has 6 nitrogen and oxygen atoms in total. The summed E-state index contributed by atoms with van der Waals surface area (Å²) in [5.41, 5.74) is 5.68. The fraction of sp³-hybridized carbons (Fsp3) is 0.700. The zero-order valence-corrected chi connectivity index (χ0v) is 12.3. The van der Waals surface area contributed by atoms with Gasteiger partial charge in [-0.05, 0) is 23.9 Å². The third kappa shape index (κ3) is 2.32. The van der Waals surface area contributed by atoms with E-state index in [2.05, 4.69) is 16.6 Å². The van der Waals surface area contributed by atoms with Crippen molar-refractivity contribution in [3.8, 4) is 0 Å². The molecule has 2 atom stereocenters. The second-order valence-corrected chi connectivity index (χ2v) is 7.53. The molecular weight excluding hydrogens is 272 g/mol. The van der Waals surface area contributed by atoms with Gasteiger partial charge in [0, 0.05) is 20.1 Å². The van der Waals surface area contributed by atoms with Crippen molar-refractivity contribution in [2.75, 3.05) is 25.1 Å². The summed E-state index contributed by atoms with van der Waals surface area (Å²) in [4.78, 5) is 0.110. The minimum atomic E-state index is -3.54. The molecule has 1 aliphatic rings. The monoisotopic (exact) mass is 290 g/mol. The number of aromatic nitrogens is 1. The van der Waals surface area contributed by atoms with E-state index in [0.717, 1.165) is 28.7 Å². The van der Waals surface area contributed by atoms with Gasteiger partial charge in [0.25, 0.3) is 0 Å². The second-order valence-electron chi connectivity index (χ2n) is 4.67. The zero-order valence-electron chi connectivity index (χ0n) is 10.7. The van der Waals surface area contributed by atoms with Crippen LogP contribution in [0.25, 0.3) is 0 Å². The fourth-order valence-corrected chi connectivity index (χ4v) is 3.99. The summed E-state index contributed by atoms with van der Waals surface area (Å²) in [5.74, 6) is 0.702. The summed E-state index contributed by atoms with van der Waals surface area (Å²) < 4.78 is 29.4. The lowest BCUT2D eigenvalue weighted by molar-refractivity contribution is 0.521. The van der Waals surface area contributed by atoms with Gasteiger partial charge in [-0.25, -0.2) is 12.7 Å². The lowest BCUT2D eigenvalue weighted by Gasteiger charge is -2.12. The van der Waals surface area contributed by atoms with E-state index in [9.17, 15) is 8.42 Å². The molecule has 1 aliphatic carbocycles. The van der Waals surface area contributed by atoms with E-state index in [-0.39, 0.29) is 10.7 Å².